The van der Waals surface area contributed by atoms with E-state index in [4.69, 9.17) is 0 Å². The molecule has 32 heavy (non-hydrogen) atoms. The molecule has 4 nitrogen and oxygen atoms in total. The highest BCUT2D eigenvalue weighted by molar-refractivity contribution is 7.80. The summed E-state index contributed by atoms with van der Waals surface area (Å²) in [5.74, 6) is -3.68. The molecule has 0 aliphatic carbocycles. The minimum absolute atomic E-state index is 0.0299. The van der Waals surface area contributed by atoms with Crippen LogP contribution in [0.1, 0.15) is 54.6 Å². The molecule has 0 atom stereocenters. The highest BCUT2D eigenvalue weighted by Crippen LogP contribution is 2.37. The van der Waals surface area contributed by atoms with Crippen LogP contribution in [0.4, 0.5) is 33.5 Å². The van der Waals surface area contributed by atoms with E-state index in [0.717, 1.165) is 0 Å². The maximum atomic E-state index is 13.8. The second kappa shape index (κ2) is 10.5. The van der Waals surface area contributed by atoms with Gasteiger partial charge in [-0.1, -0.05) is 19.9 Å². The van der Waals surface area contributed by atoms with Gasteiger partial charge in [-0.15, -0.1) is 12.6 Å². The van der Waals surface area contributed by atoms with E-state index in [2.05, 4.69) is 22.9 Å². The Morgan fingerprint density at radius 1 is 1.19 bits per heavy atom. The number of nitrogens with zero attached hydrogens (tertiary/aromatic N) is 2. The minimum atomic E-state index is -4.71. The zero-order valence-electron chi connectivity index (χ0n) is 18.1. The molecule has 2 aromatic rings. The van der Waals surface area contributed by atoms with Gasteiger partial charge >= 0.3 is 6.18 Å². The highest BCUT2D eigenvalue weighted by Gasteiger charge is 2.38. The Morgan fingerprint density at radius 2 is 1.88 bits per heavy atom. The first kappa shape index (κ1) is 25.9. The lowest BCUT2D eigenvalue weighted by molar-refractivity contribution is -0.138. The summed E-state index contributed by atoms with van der Waals surface area (Å²) in [7, 11) is 0. The van der Waals surface area contributed by atoms with Crippen LogP contribution in [0, 0.1) is 6.92 Å². The van der Waals surface area contributed by atoms with Gasteiger partial charge in [0.05, 0.1) is 11.1 Å². The number of carbonyl (C=O) groups is 1. The summed E-state index contributed by atoms with van der Waals surface area (Å²) >= 11 is 4.18. The Kier molecular flexibility index (Phi) is 8.50. The fourth-order valence-corrected chi connectivity index (χ4v) is 3.66. The second-order valence-corrected chi connectivity index (χ2v) is 7.71. The number of benzene rings is 1. The fourth-order valence-electron chi connectivity index (χ4n) is 3.44. The molecule has 176 valence electrons. The van der Waals surface area contributed by atoms with Crippen LogP contribution in [0.2, 0.25) is 0 Å². The smallest absolute Gasteiger partial charge is 0.356 e. The molecule has 10 heteroatoms. The number of nitrogens with one attached hydrogen (secondary N) is 1. The first-order valence-electron chi connectivity index (χ1n) is 10.3. The number of hydrogen-bond acceptors (Lipinski definition) is 4. The van der Waals surface area contributed by atoms with E-state index in [1.807, 2.05) is 13.8 Å². The number of rotatable bonds is 3. The van der Waals surface area contributed by atoms with Gasteiger partial charge in [-0.2, -0.15) is 13.2 Å². The second-order valence-electron chi connectivity index (χ2n) is 7.19. The standard InChI is InChI=1S/C20H20F5N3OS.C2H6/c1-12-15(20(23,24)25)11-26-17(28-8-3-6-19(21,22)7-9-28)16(12)18(29)27-13-4-2-5-14(30)10-13;1-2/h2,4-5,10-11,30H,3,6-9H2,1H3,(H,27,29);1-2H3. The molecule has 1 aromatic heterocycles. The van der Waals surface area contributed by atoms with Gasteiger partial charge < -0.3 is 10.2 Å². The fraction of sp³-hybridized carbons (Fsp3) is 0.455. The predicted octanol–water partition coefficient (Wildman–Crippen LogP) is 6.60. The van der Waals surface area contributed by atoms with Gasteiger partial charge in [-0.05, 0) is 37.1 Å². The normalized spacial score (nSPS) is 16.0. The number of amides is 1. The molecule has 1 fully saturated rings. The molecule has 1 aliphatic heterocycles. The van der Waals surface area contributed by atoms with E-state index in [0.29, 0.717) is 16.8 Å². The van der Waals surface area contributed by atoms with Crippen molar-refractivity contribution in [1.82, 2.24) is 4.98 Å². The lowest BCUT2D eigenvalue weighted by Gasteiger charge is -2.26. The number of aromatic nitrogens is 1. The van der Waals surface area contributed by atoms with Gasteiger partial charge in [0, 0.05) is 42.7 Å². The first-order chi connectivity index (χ1) is 15.0. The molecule has 0 bridgehead atoms. The predicted molar refractivity (Wildman–Crippen MR) is 118 cm³/mol. The zero-order valence-corrected chi connectivity index (χ0v) is 19.0. The van der Waals surface area contributed by atoms with E-state index < -0.39 is 30.0 Å². The van der Waals surface area contributed by atoms with Crippen molar-refractivity contribution in [2.75, 3.05) is 23.3 Å². The van der Waals surface area contributed by atoms with Gasteiger partial charge in [-0.25, -0.2) is 13.8 Å². The van der Waals surface area contributed by atoms with Gasteiger partial charge in [0.25, 0.3) is 5.91 Å². The van der Waals surface area contributed by atoms with E-state index in [1.165, 1.54) is 11.8 Å². The largest absolute Gasteiger partial charge is 0.418 e. The van der Waals surface area contributed by atoms with Crippen molar-refractivity contribution >= 4 is 30.0 Å². The van der Waals surface area contributed by atoms with Crippen LogP contribution in [0.5, 0.6) is 0 Å². The number of anilines is 2. The molecule has 3 rings (SSSR count). The van der Waals surface area contributed by atoms with Gasteiger partial charge in [0.1, 0.15) is 5.82 Å². The van der Waals surface area contributed by atoms with Crippen LogP contribution in [0.3, 0.4) is 0 Å². The van der Waals surface area contributed by atoms with E-state index in [9.17, 15) is 26.7 Å². The van der Waals surface area contributed by atoms with E-state index in [-0.39, 0.29) is 42.9 Å². The summed E-state index contributed by atoms with van der Waals surface area (Å²) in [6, 6.07) is 6.43. The summed E-state index contributed by atoms with van der Waals surface area (Å²) in [5.41, 5.74) is -1.28. The van der Waals surface area contributed by atoms with Crippen molar-refractivity contribution in [3.63, 3.8) is 0 Å². The summed E-state index contributed by atoms with van der Waals surface area (Å²) in [5, 5.41) is 2.56. The van der Waals surface area contributed by atoms with Crippen molar-refractivity contribution < 1.29 is 26.7 Å². The molecule has 0 spiro atoms. The monoisotopic (exact) mass is 475 g/mol. The Morgan fingerprint density at radius 3 is 2.50 bits per heavy atom. The number of alkyl halides is 5. The molecule has 0 saturated carbocycles. The highest BCUT2D eigenvalue weighted by atomic mass is 32.1. The summed E-state index contributed by atoms with van der Waals surface area (Å²) in [6.07, 6.45) is -4.70. The van der Waals surface area contributed by atoms with Crippen LogP contribution in [-0.2, 0) is 6.18 Å². The number of thiol groups is 1. The van der Waals surface area contributed by atoms with Crippen LogP contribution in [-0.4, -0.2) is 29.9 Å². The van der Waals surface area contributed by atoms with Crippen molar-refractivity contribution in [1.29, 1.82) is 0 Å². The minimum Gasteiger partial charge on any atom is -0.356 e. The van der Waals surface area contributed by atoms with Gasteiger partial charge in [0.15, 0.2) is 0 Å². The Labute approximate surface area is 189 Å². The Balaban J connectivity index is 0.00000176. The van der Waals surface area contributed by atoms with Gasteiger partial charge in [-0.3, -0.25) is 4.79 Å². The molecule has 1 saturated heterocycles. The Bertz CT molecular complexity index is 950. The molecular weight excluding hydrogens is 449 g/mol. The maximum Gasteiger partial charge on any atom is 0.418 e. The van der Waals surface area contributed by atoms with Crippen molar-refractivity contribution in [3.8, 4) is 0 Å². The topological polar surface area (TPSA) is 45.2 Å². The number of carbonyl (C=O) groups excluding carboxylic acids is 1. The average Bonchev–Trinajstić information content (AvgIpc) is 2.88. The third kappa shape index (κ3) is 6.34. The van der Waals surface area contributed by atoms with Crippen molar-refractivity contribution in [2.24, 2.45) is 0 Å². The number of halogens is 5. The lowest BCUT2D eigenvalue weighted by Crippen LogP contribution is -2.30. The number of hydrogen-bond donors (Lipinski definition) is 2. The van der Waals surface area contributed by atoms with Crippen LogP contribution in [0.25, 0.3) is 0 Å². The molecule has 2 heterocycles. The average molecular weight is 476 g/mol. The van der Waals surface area contributed by atoms with Crippen LogP contribution >= 0.6 is 12.6 Å². The van der Waals surface area contributed by atoms with Crippen LogP contribution in [0.15, 0.2) is 35.4 Å². The van der Waals surface area contributed by atoms with Crippen LogP contribution < -0.4 is 10.2 Å². The SMILES string of the molecule is CC.Cc1c(C(F)(F)F)cnc(N2CCCC(F)(F)CC2)c1C(=O)Nc1cccc(S)c1. The van der Waals surface area contributed by atoms with Crippen molar-refractivity contribution in [3.05, 3.63) is 47.2 Å². The summed E-state index contributed by atoms with van der Waals surface area (Å²) in [6.45, 7) is 5.24. The van der Waals surface area contributed by atoms with Gasteiger partial charge in [0.2, 0.25) is 5.92 Å². The molecular formula is C22H26F5N3OS. The summed E-state index contributed by atoms with van der Waals surface area (Å²) in [4.78, 5) is 18.9. The van der Waals surface area contributed by atoms with Crippen molar-refractivity contribution in [2.45, 2.75) is 57.0 Å². The molecule has 1 amide bonds. The Hall–Kier alpha value is -2.36. The molecule has 1 N–H and O–H groups in total. The molecule has 0 radical (unpaired) electrons. The molecule has 0 unspecified atom stereocenters. The van der Waals surface area contributed by atoms with E-state index in [1.54, 1.807) is 24.3 Å². The zero-order chi connectivity index (χ0) is 24.1. The summed E-state index contributed by atoms with van der Waals surface area (Å²) < 4.78 is 67.8. The van der Waals surface area contributed by atoms with E-state index >= 15 is 0 Å². The maximum absolute atomic E-state index is 13.8. The number of pyridine rings is 1. The molecule has 1 aromatic carbocycles. The third-order valence-corrected chi connectivity index (χ3v) is 5.25. The lowest BCUT2D eigenvalue weighted by atomic mass is 10.0. The first-order valence-corrected chi connectivity index (χ1v) is 10.7. The molecule has 1 aliphatic rings. The quantitative estimate of drug-likeness (QED) is 0.388. The third-order valence-electron chi connectivity index (χ3n) is 4.97.